The number of aliphatic imine (C=N–C) groups is 1. The van der Waals surface area contributed by atoms with Crippen molar-refractivity contribution in [3.05, 3.63) is 94.9 Å². The van der Waals surface area contributed by atoms with Gasteiger partial charge in [0, 0.05) is 17.2 Å². The van der Waals surface area contributed by atoms with Crippen LogP contribution in [-0.4, -0.2) is 26.0 Å². The van der Waals surface area contributed by atoms with Crippen molar-refractivity contribution in [3.63, 3.8) is 0 Å². The largest absolute Gasteiger partial charge is 0.497 e. The number of nitrogens with zero attached hydrogens (tertiary/aromatic N) is 2. The SMILES string of the molecule is COc1ccc(/C=C2/N=C(c3cccc(C)c3)N(c3ccc(F)cc3)C2=O)c(OC)c1. The van der Waals surface area contributed by atoms with Gasteiger partial charge in [0.1, 0.15) is 28.8 Å². The lowest BCUT2D eigenvalue weighted by Crippen LogP contribution is -2.32. The molecule has 5 nitrogen and oxygen atoms in total. The van der Waals surface area contributed by atoms with Crippen LogP contribution >= 0.6 is 0 Å². The zero-order chi connectivity index (χ0) is 22.0. The number of amidine groups is 1. The van der Waals surface area contributed by atoms with Crippen molar-refractivity contribution in [2.75, 3.05) is 19.1 Å². The smallest absolute Gasteiger partial charge is 0.282 e. The molecule has 156 valence electrons. The minimum Gasteiger partial charge on any atom is -0.497 e. The molecular weight excluding hydrogens is 395 g/mol. The van der Waals surface area contributed by atoms with Crippen molar-refractivity contribution in [1.29, 1.82) is 0 Å². The topological polar surface area (TPSA) is 51.1 Å². The molecule has 0 spiro atoms. The Bertz CT molecular complexity index is 1200. The first-order valence-corrected chi connectivity index (χ1v) is 9.69. The maximum atomic E-state index is 13.5. The standard InChI is InChI=1S/C25H21FN2O3/c1-16-5-4-6-18(13-16)24-27-22(14-17-7-12-21(30-2)15-23(17)31-3)25(29)28(24)20-10-8-19(26)9-11-20/h4-15H,1-3H3/b22-14+. The molecule has 0 N–H and O–H groups in total. The van der Waals surface area contributed by atoms with Crippen LogP contribution < -0.4 is 14.4 Å². The van der Waals surface area contributed by atoms with Crippen molar-refractivity contribution in [2.24, 2.45) is 4.99 Å². The summed E-state index contributed by atoms with van der Waals surface area (Å²) < 4.78 is 24.2. The number of hydrogen-bond acceptors (Lipinski definition) is 4. The van der Waals surface area contributed by atoms with Crippen LogP contribution in [-0.2, 0) is 4.79 Å². The van der Waals surface area contributed by atoms with Crippen molar-refractivity contribution in [2.45, 2.75) is 6.92 Å². The van der Waals surface area contributed by atoms with Gasteiger partial charge in [0.15, 0.2) is 0 Å². The van der Waals surface area contributed by atoms with Crippen LogP contribution in [0.5, 0.6) is 11.5 Å². The summed E-state index contributed by atoms with van der Waals surface area (Å²) in [7, 11) is 3.13. The predicted octanol–water partition coefficient (Wildman–Crippen LogP) is 4.99. The summed E-state index contributed by atoms with van der Waals surface area (Å²) in [6, 6.07) is 18.9. The van der Waals surface area contributed by atoms with E-state index < -0.39 is 0 Å². The second-order valence-electron chi connectivity index (χ2n) is 7.06. The molecule has 1 heterocycles. The highest BCUT2D eigenvalue weighted by Gasteiger charge is 2.32. The monoisotopic (exact) mass is 416 g/mol. The zero-order valence-corrected chi connectivity index (χ0v) is 17.4. The lowest BCUT2D eigenvalue weighted by atomic mass is 10.1. The molecule has 4 rings (SSSR count). The first kappa shape index (κ1) is 20.3. The molecule has 0 fully saturated rings. The summed E-state index contributed by atoms with van der Waals surface area (Å²) in [5.74, 6) is 1.02. The van der Waals surface area contributed by atoms with Gasteiger partial charge in [-0.3, -0.25) is 9.69 Å². The highest BCUT2D eigenvalue weighted by Crippen LogP contribution is 2.31. The first-order chi connectivity index (χ1) is 15.0. The van der Waals surface area contributed by atoms with E-state index in [1.807, 2.05) is 31.2 Å². The van der Waals surface area contributed by atoms with Crippen molar-refractivity contribution in [1.82, 2.24) is 0 Å². The number of halogens is 1. The number of anilines is 1. The zero-order valence-electron chi connectivity index (χ0n) is 17.4. The molecule has 0 bridgehead atoms. The van der Waals surface area contributed by atoms with E-state index in [2.05, 4.69) is 4.99 Å². The van der Waals surface area contributed by atoms with Gasteiger partial charge in [-0.2, -0.15) is 0 Å². The summed E-state index contributed by atoms with van der Waals surface area (Å²) in [5, 5.41) is 0. The van der Waals surface area contributed by atoms with Crippen LogP contribution in [0.2, 0.25) is 0 Å². The number of rotatable bonds is 5. The van der Waals surface area contributed by atoms with Gasteiger partial charge in [0.25, 0.3) is 5.91 Å². The third-order valence-corrected chi connectivity index (χ3v) is 4.95. The fraction of sp³-hybridized carbons (Fsp3) is 0.120. The molecule has 1 amide bonds. The quantitative estimate of drug-likeness (QED) is 0.551. The fourth-order valence-corrected chi connectivity index (χ4v) is 3.41. The van der Waals surface area contributed by atoms with Crippen LogP contribution in [0.4, 0.5) is 10.1 Å². The molecule has 0 atom stereocenters. The summed E-state index contributed by atoms with van der Waals surface area (Å²) >= 11 is 0. The van der Waals surface area contributed by atoms with E-state index in [0.29, 0.717) is 28.6 Å². The average Bonchev–Trinajstić information content (AvgIpc) is 3.10. The molecule has 0 aliphatic carbocycles. The van der Waals surface area contributed by atoms with E-state index in [1.165, 1.54) is 17.0 Å². The Kier molecular flexibility index (Phi) is 5.54. The Morgan fingerprint density at radius 3 is 2.42 bits per heavy atom. The highest BCUT2D eigenvalue weighted by molar-refractivity contribution is 6.33. The maximum Gasteiger partial charge on any atom is 0.282 e. The number of carbonyl (C=O) groups excluding carboxylic acids is 1. The normalized spacial score (nSPS) is 14.7. The lowest BCUT2D eigenvalue weighted by Gasteiger charge is -2.18. The number of benzene rings is 3. The Balaban J connectivity index is 1.83. The number of aryl methyl sites for hydroxylation is 1. The third kappa shape index (κ3) is 4.05. The second kappa shape index (κ2) is 8.44. The Morgan fingerprint density at radius 1 is 0.968 bits per heavy atom. The first-order valence-electron chi connectivity index (χ1n) is 9.69. The molecule has 1 aliphatic rings. The van der Waals surface area contributed by atoms with E-state index in [4.69, 9.17) is 9.47 Å². The molecular formula is C25H21FN2O3. The molecule has 1 aliphatic heterocycles. The van der Waals surface area contributed by atoms with Crippen LogP contribution in [0.1, 0.15) is 16.7 Å². The maximum absolute atomic E-state index is 13.5. The summed E-state index contributed by atoms with van der Waals surface area (Å²) in [5.41, 5.74) is 3.32. The van der Waals surface area contributed by atoms with Gasteiger partial charge in [0.05, 0.1) is 19.9 Å². The molecule has 0 aromatic heterocycles. The number of methoxy groups -OCH3 is 2. The number of ether oxygens (including phenoxy) is 2. The van der Waals surface area contributed by atoms with Gasteiger partial charge in [-0.25, -0.2) is 9.38 Å². The summed E-state index contributed by atoms with van der Waals surface area (Å²) in [6.07, 6.45) is 1.68. The highest BCUT2D eigenvalue weighted by atomic mass is 19.1. The second-order valence-corrected chi connectivity index (χ2v) is 7.06. The third-order valence-electron chi connectivity index (χ3n) is 4.95. The molecule has 31 heavy (non-hydrogen) atoms. The molecule has 0 radical (unpaired) electrons. The van der Waals surface area contributed by atoms with Crippen molar-refractivity contribution >= 4 is 23.5 Å². The predicted molar refractivity (Wildman–Crippen MR) is 119 cm³/mol. The van der Waals surface area contributed by atoms with E-state index >= 15 is 0 Å². The van der Waals surface area contributed by atoms with Crippen molar-refractivity contribution < 1.29 is 18.7 Å². The Hall–Kier alpha value is -3.93. The number of amides is 1. The van der Waals surface area contributed by atoms with Gasteiger partial charge >= 0.3 is 0 Å². The fourth-order valence-electron chi connectivity index (χ4n) is 3.41. The minimum atomic E-state index is -0.372. The lowest BCUT2D eigenvalue weighted by molar-refractivity contribution is -0.113. The molecule has 0 saturated heterocycles. The van der Waals surface area contributed by atoms with E-state index in [9.17, 15) is 9.18 Å². The van der Waals surface area contributed by atoms with Gasteiger partial charge in [-0.15, -0.1) is 0 Å². The van der Waals surface area contributed by atoms with E-state index in [1.54, 1.807) is 50.6 Å². The van der Waals surface area contributed by atoms with E-state index in [-0.39, 0.29) is 17.4 Å². The average molecular weight is 416 g/mol. The number of hydrogen-bond donors (Lipinski definition) is 0. The Morgan fingerprint density at radius 2 is 1.74 bits per heavy atom. The minimum absolute atomic E-state index is 0.254. The van der Waals surface area contributed by atoms with Gasteiger partial charge in [-0.05, 0) is 55.5 Å². The van der Waals surface area contributed by atoms with Gasteiger partial charge < -0.3 is 9.47 Å². The van der Waals surface area contributed by atoms with Crippen LogP contribution in [0.25, 0.3) is 6.08 Å². The van der Waals surface area contributed by atoms with Crippen molar-refractivity contribution in [3.8, 4) is 11.5 Å². The van der Waals surface area contributed by atoms with E-state index in [0.717, 1.165) is 11.1 Å². The summed E-state index contributed by atoms with van der Waals surface area (Å²) in [6.45, 7) is 1.97. The Labute approximate surface area is 180 Å². The number of carbonyl (C=O) groups is 1. The molecule has 3 aromatic rings. The van der Waals surface area contributed by atoms with Crippen LogP contribution in [0, 0.1) is 12.7 Å². The van der Waals surface area contributed by atoms with Gasteiger partial charge in [0.2, 0.25) is 0 Å². The molecule has 3 aromatic carbocycles. The molecule has 6 heteroatoms. The molecule has 0 saturated carbocycles. The van der Waals surface area contributed by atoms with Crippen LogP contribution in [0.15, 0.2) is 77.4 Å². The molecule has 0 unspecified atom stereocenters. The summed E-state index contributed by atoms with van der Waals surface area (Å²) in [4.78, 5) is 19.5. The van der Waals surface area contributed by atoms with Gasteiger partial charge in [-0.1, -0.05) is 23.8 Å². The van der Waals surface area contributed by atoms with Crippen LogP contribution in [0.3, 0.4) is 0 Å².